The molecular weight excluding hydrogens is 494 g/mol. The highest BCUT2D eigenvalue weighted by Gasteiger charge is 2.61. The number of rotatable bonds is 4. The maximum atomic E-state index is 13.5. The molecule has 1 aromatic heterocycles. The zero-order valence-electron chi connectivity index (χ0n) is 22.6. The first-order valence-electron chi connectivity index (χ1n) is 13.9. The summed E-state index contributed by atoms with van der Waals surface area (Å²) >= 11 is 0. The fourth-order valence-corrected chi connectivity index (χ4v) is 6.36. The predicted octanol–water partition coefficient (Wildman–Crippen LogP) is 3.71. The lowest BCUT2D eigenvalue weighted by Crippen LogP contribution is -2.54. The smallest absolute Gasteiger partial charge is 0.334 e. The molecule has 204 valence electrons. The molecule has 4 heterocycles. The Morgan fingerprint density at radius 2 is 2.00 bits per heavy atom. The Morgan fingerprint density at radius 3 is 2.82 bits per heavy atom. The highest BCUT2D eigenvalue weighted by atomic mass is 16.6. The van der Waals surface area contributed by atoms with Crippen LogP contribution in [-0.4, -0.2) is 82.5 Å². The molecule has 3 fully saturated rings. The van der Waals surface area contributed by atoms with Crippen LogP contribution >= 0.6 is 0 Å². The molecule has 8 nitrogen and oxygen atoms in total. The van der Waals surface area contributed by atoms with Crippen molar-refractivity contribution in [3.05, 3.63) is 65.9 Å². The zero-order chi connectivity index (χ0) is 27.3. The van der Waals surface area contributed by atoms with Crippen LogP contribution in [0.25, 0.3) is 10.9 Å². The highest BCUT2D eigenvalue weighted by molar-refractivity contribution is 5.97. The fourth-order valence-electron chi connectivity index (χ4n) is 6.36. The summed E-state index contributed by atoms with van der Waals surface area (Å²) in [6.07, 6.45) is 4.40. The molecule has 1 amide bonds. The van der Waals surface area contributed by atoms with Gasteiger partial charge < -0.3 is 14.4 Å². The number of fused-ring (bicyclic) bond motifs is 4. The van der Waals surface area contributed by atoms with Crippen LogP contribution in [0, 0.1) is 5.92 Å². The average molecular weight is 530 g/mol. The molecule has 0 saturated carbocycles. The van der Waals surface area contributed by atoms with E-state index in [2.05, 4.69) is 36.4 Å². The number of carbonyl (C=O) groups excluding carboxylic acids is 3. The number of para-hydroxylation sites is 1. The van der Waals surface area contributed by atoms with E-state index in [9.17, 15) is 14.4 Å². The first-order chi connectivity index (χ1) is 18.7. The van der Waals surface area contributed by atoms with Gasteiger partial charge in [-0.05, 0) is 57.2 Å². The summed E-state index contributed by atoms with van der Waals surface area (Å²) in [5.41, 5.74) is 2.21. The molecule has 8 heteroatoms. The minimum absolute atomic E-state index is 0.0387. The van der Waals surface area contributed by atoms with Crippen LogP contribution in [0.4, 0.5) is 0 Å². The first kappa shape index (κ1) is 25.9. The van der Waals surface area contributed by atoms with Crippen LogP contribution in [0.2, 0.25) is 0 Å². The van der Waals surface area contributed by atoms with Gasteiger partial charge in [0.2, 0.25) is 0 Å². The van der Waals surface area contributed by atoms with Crippen molar-refractivity contribution in [2.45, 2.75) is 63.4 Å². The minimum atomic E-state index is -0.348. The number of nitrogens with zero attached hydrogens (tertiary/aromatic N) is 3. The van der Waals surface area contributed by atoms with Gasteiger partial charge in [-0.2, -0.15) is 0 Å². The molecule has 4 aliphatic rings. The maximum Gasteiger partial charge on any atom is 0.334 e. The number of carbonyl (C=O) groups is 3. The number of esters is 1. The number of ketones is 1. The van der Waals surface area contributed by atoms with Crippen LogP contribution in [0.5, 0.6) is 0 Å². The van der Waals surface area contributed by atoms with E-state index in [1.165, 1.54) is 0 Å². The number of hydrogen-bond acceptors (Lipinski definition) is 7. The van der Waals surface area contributed by atoms with Gasteiger partial charge >= 0.3 is 5.97 Å². The molecule has 0 spiro atoms. The molecule has 0 N–H and O–H groups in total. The van der Waals surface area contributed by atoms with Gasteiger partial charge in [-0.25, -0.2) is 9.78 Å². The molecule has 2 aromatic rings. The Kier molecular flexibility index (Phi) is 6.63. The number of Topliss-reactive ketones (excluding diaryl/α,β-unsaturated/α-hetero) is 1. The summed E-state index contributed by atoms with van der Waals surface area (Å²) in [5.74, 6) is -0.454. The van der Waals surface area contributed by atoms with Crippen molar-refractivity contribution < 1.29 is 23.9 Å². The van der Waals surface area contributed by atoms with Gasteiger partial charge in [-0.15, -0.1) is 0 Å². The number of allylic oxidation sites excluding steroid dienone is 1. The Morgan fingerprint density at radius 1 is 1.18 bits per heavy atom. The molecule has 3 saturated heterocycles. The third kappa shape index (κ3) is 4.92. The monoisotopic (exact) mass is 529 g/mol. The highest BCUT2D eigenvalue weighted by Crippen LogP contribution is 2.49. The number of ether oxygens (including phenoxy) is 2. The Hall–Kier alpha value is -3.36. The quantitative estimate of drug-likeness (QED) is 0.339. The summed E-state index contributed by atoms with van der Waals surface area (Å²) in [5, 5.41) is 1.01. The third-order valence-corrected chi connectivity index (χ3v) is 8.92. The zero-order valence-corrected chi connectivity index (χ0v) is 22.6. The third-order valence-electron chi connectivity index (χ3n) is 8.92. The van der Waals surface area contributed by atoms with E-state index in [0.29, 0.717) is 50.3 Å². The number of pyridine rings is 1. The molecule has 3 aliphatic heterocycles. The number of aromatic nitrogens is 1. The minimum Gasteiger partial charge on any atom is -0.455 e. The van der Waals surface area contributed by atoms with Gasteiger partial charge in [0.25, 0.3) is 5.91 Å². The molecule has 6 rings (SSSR count). The Balaban J connectivity index is 1.09. The largest absolute Gasteiger partial charge is 0.455 e. The number of benzene rings is 1. The number of hydrogen-bond donors (Lipinski definition) is 0. The van der Waals surface area contributed by atoms with Gasteiger partial charge in [0.15, 0.2) is 5.78 Å². The molecular formula is C31H35N3O5. The van der Waals surface area contributed by atoms with E-state index in [4.69, 9.17) is 9.47 Å². The molecule has 0 bridgehead atoms. The van der Waals surface area contributed by atoms with Crippen molar-refractivity contribution >= 4 is 28.6 Å². The molecule has 1 aromatic carbocycles. The normalized spacial score (nSPS) is 31.2. The van der Waals surface area contributed by atoms with Crippen molar-refractivity contribution in [1.29, 1.82) is 0 Å². The van der Waals surface area contributed by atoms with Crippen molar-refractivity contribution in [3.8, 4) is 0 Å². The second-order valence-corrected chi connectivity index (χ2v) is 11.5. The summed E-state index contributed by atoms with van der Waals surface area (Å²) in [7, 11) is 0. The summed E-state index contributed by atoms with van der Waals surface area (Å²) in [6.45, 7) is 10.1. The summed E-state index contributed by atoms with van der Waals surface area (Å²) in [6, 6.07) is 11.5. The van der Waals surface area contributed by atoms with Crippen molar-refractivity contribution in [3.63, 3.8) is 0 Å². The van der Waals surface area contributed by atoms with E-state index in [1.807, 2.05) is 35.2 Å². The molecule has 1 aliphatic carbocycles. The van der Waals surface area contributed by atoms with Crippen LogP contribution in [-0.2, 0) is 19.1 Å². The lowest BCUT2D eigenvalue weighted by atomic mass is 9.83. The van der Waals surface area contributed by atoms with Crippen molar-refractivity contribution in [2.24, 2.45) is 5.92 Å². The Bertz CT molecular complexity index is 1390. The second kappa shape index (κ2) is 9.99. The maximum absolute atomic E-state index is 13.5. The topological polar surface area (TPSA) is 92.3 Å². The predicted molar refractivity (Wildman–Crippen MR) is 146 cm³/mol. The fraction of sp³-hybridized carbons (Fsp3) is 0.484. The van der Waals surface area contributed by atoms with Crippen LogP contribution < -0.4 is 0 Å². The van der Waals surface area contributed by atoms with Crippen molar-refractivity contribution in [1.82, 2.24) is 14.8 Å². The van der Waals surface area contributed by atoms with E-state index in [-0.39, 0.29) is 47.4 Å². The summed E-state index contributed by atoms with van der Waals surface area (Å²) < 4.78 is 11.6. The van der Waals surface area contributed by atoms with Gasteiger partial charge in [-0.3, -0.25) is 14.5 Å². The van der Waals surface area contributed by atoms with Crippen molar-refractivity contribution in [2.75, 3.05) is 26.2 Å². The second-order valence-electron chi connectivity index (χ2n) is 11.5. The molecule has 5 atom stereocenters. The average Bonchev–Trinajstić information content (AvgIpc) is 3.53. The lowest BCUT2D eigenvalue weighted by molar-refractivity contribution is -0.140. The Labute approximate surface area is 228 Å². The van der Waals surface area contributed by atoms with Crippen LogP contribution in [0.1, 0.15) is 50.0 Å². The van der Waals surface area contributed by atoms with Gasteiger partial charge in [0.1, 0.15) is 17.9 Å². The number of amides is 1. The molecule has 0 radical (unpaired) electrons. The first-order valence-corrected chi connectivity index (χ1v) is 13.9. The lowest BCUT2D eigenvalue weighted by Gasteiger charge is -2.39. The van der Waals surface area contributed by atoms with Crippen LogP contribution in [0.15, 0.2) is 60.2 Å². The standard InChI is InChI=1S/C31H35N3O5/c1-19-17-34(29(36)25-13-11-21-7-4-5-9-24(21)32-25)16-15-33(19)18-26(35)22-8-6-14-31(3)28(39-31)27-23(12-10-22)20(2)30(37)38-27/h4-5,7-9,11,13,19,23,27-28H,2,6,10,12,14-18H2,1,3H3/t19?,23-,27-,28-,31+/m0/s1. The van der Waals surface area contributed by atoms with E-state index >= 15 is 0 Å². The SMILES string of the molecule is C=C1C(=O)O[C@H]2[C@H]1CCC(C(=O)CN1CCN(C(=O)c3ccc4ccccc4n3)CC1C)=CCC[C@@]1(C)O[C@@H]21. The molecule has 1 unspecified atom stereocenters. The van der Waals surface area contributed by atoms with Crippen LogP contribution in [0.3, 0.4) is 0 Å². The van der Waals surface area contributed by atoms with E-state index in [0.717, 1.165) is 29.3 Å². The summed E-state index contributed by atoms with van der Waals surface area (Å²) in [4.78, 5) is 47.5. The van der Waals surface area contributed by atoms with E-state index in [1.54, 1.807) is 6.07 Å². The van der Waals surface area contributed by atoms with Gasteiger partial charge in [0, 0.05) is 42.6 Å². The van der Waals surface area contributed by atoms with Gasteiger partial charge in [0.05, 0.1) is 17.7 Å². The molecule has 39 heavy (non-hydrogen) atoms. The number of piperazine rings is 1. The number of epoxide rings is 1. The van der Waals surface area contributed by atoms with E-state index < -0.39 is 0 Å². The van der Waals surface area contributed by atoms with Gasteiger partial charge in [-0.1, -0.05) is 36.9 Å².